The van der Waals surface area contributed by atoms with E-state index >= 15 is 0 Å². The first-order valence-electron chi connectivity index (χ1n) is 48.2. The molecule has 0 unspecified atom stereocenters. The minimum atomic E-state index is 0.906. The summed E-state index contributed by atoms with van der Waals surface area (Å²) in [6.07, 6.45) is 30.2. The maximum Gasteiger partial charge on any atom is 0.147 e. The Hall–Kier alpha value is -18.3. The molecule has 8 aliphatic carbocycles. The van der Waals surface area contributed by atoms with Gasteiger partial charge in [-0.3, -0.25) is 57.5 Å². The first kappa shape index (κ1) is 75.1. The van der Waals surface area contributed by atoms with E-state index in [-0.39, 0.29) is 0 Å². The fourth-order valence-corrected chi connectivity index (χ4v) is 26.1. The van der Waals surface area contributed by atoms with Crippen molar-refractivity contribution in [1.29, 1.82) is 0 Å². The van der Waals surface area contributed by atoms with Gasteiger partial charge in [-0.25, -0.2) is 19.9 Å². The number of hydrogen-bond acceptors (Lipinski definition) is 12. The Labute approximate surface area is 796 Å². The van der Waals surface area contributed by atoms with E-state index in [0.717, 1.165) is 184 Å². The number of aromatic nitrogens is 16. The van der Waals surface area contributed by atoms with Gasteiger partial charge in [0.25, 0.3) is 0 Å². The molecule has 12 aromatic carbocycles. The quantitative estimate of drug-likeness (QED) is 0.132. The summed E-state index contributed by atoms with van der Waals surface area (Å²) >= 11 is 0. The number of benzene rings is 12. The Kier molecular flexibility index (Phi) is 14.9. The molecule has 0 spiro atoms. The predicted molar refractivity (Wildman–Crippen MR) is 559 cm³/mol. The second kappa shape index (κ2) is 27.7. The minimum Gasteiger partial charge on any atom is -0.290 e. The van der Waals surface area contributed by atoms with Crippen LogP contribution in [0.15, 0.2) is 341 Å². The van der Waals surface area contributed by atoms with Crippen LogP contribution < -0.4 is 0 Å². The Morgan fingerprint density at radius 3 is 0.929 bits per heavy atom. The fourth-order valence-electron chi connectivity index (χ4n) is 26.1. The zero-order valence-electron chi connectivity index (χ0n) is 75.1. The van der Waals surface area contributed by atoms with Crippen LogP contribution in [0.4, 0.5) is 0 Å². The van der Waals surface area contributed by atoms with Gasteiger partial charge in [-0.05, 0) is 320 Å². The van der Waals surface area contributed by atoms with Crippen LogP contribution in [0.1, 0.15) is 89.0 Å². The lowest BCUT2D eigenvalue weighted by Crippen LogP contribution is -1.95. The molecule has 8 aliphatic rings. The highest BCUT2D eigenvalue weighted by Gasteiger charge is 2.37. The van der Waals surface area contributed by atoms with Gasteiger partial charge in [-0.2, -0.15) is 0 Å². The van der Waals surface area contributed by atoms with Crippen molar-refractivity contribution >= 4 is 154 Å². The third-order valence-electron chi connectivity index (χ3n) is 31.8. The van der Waals surface area contributed by atoms with Crippen LogP contribution in [-0.2, 0) is 51.4 Å². The van der Waals surface area contributed by atoms with Gasteiger partial charge in [0.15, 0.2) is 0 Å². The average molecular weight is 1790 g/mol. The fraction of sp³-hybridized carbons (Fsp3) is 0.0645. The highest BCUT2D eigenvalue weighted by atomic mass is 15.1. The average Bonchev–Trinajstić information content (AvgIpc) is 1.55. The van der Waals surface area contributed by atoms with Gasteiger partial charge in [-0.15, -0.1) is 0 Å². The van der Waals surface area contributed by atoms with Crippen LogP contribution in [0.3, 0.4) is 0 Å². The van der Waals surface area contributed by atoms with Crippen molar-refractivity contribution in [3.8, 4) is 89.0 Å². The zero-order chi connectivity index (χ0) is 90.7. The normalized spacial score (nSPS) is 13.5. The maximum atomic E-state index is 5.13. The molecule has 36 rings (SSSR count). The summed E-state index contributed by atoms with van der Waals surface area (Å²) in [4.78, 5) is 57.3. The predicted octanol–water partition coefficient (Wildman–Crippen LogP) is 26.9. The monoisotopic (exact) mass is 1780 g/mol. The van der Waals surface area contributed by atoms with Gasteiger partial charge in [-0.1, -0.05) is 176 Å². The summed E-state index contributed by atoms with van der Waals surface area (Å²) in [5.41, 5.74) is 64.6. The summed E-state index contributed by atoms with van der Waals surface area (Å²) in [6.45, 7) is 0. The maximum absolute atomic E-state index is 5.13. The molecular weight excluding hydrogens is 1710 g/mol. The number of imidazole rings is 4. The highest BCUT2D eigenvalue weighted by Crippen LogP contribution is 2.57. The lowest BCUT2D eigenvalue weighted by Gasteiger charge is -2.13. The number of nitrogens with zero attached hydrogens (tertiary/aromatic N) is 16. The minimum absolute atomic E-state index is 0.906. The number of hydrogen-bond donors (Lipinski definition) is 0. The molecule has 0 bridgehead atoms. The van der Waals surface area contributed by atoms with Crippen LogP contribution in [0.5, 0.6) is 0 Å². The standard InChI is InChI=1S/4C31H18N4/c1-2-5-20-17(4-1)14-18-7-9-21-23(27(18)20)15-19-8-10-22-29(28(19)21)31-34-24-16-32-13-11-25(24)35(31)26-6-3-12-33-30(22)26;1-2-5-19-17(4-1)14-23-20(19)9-10-21-24(23)15-18-7-8-22-29(28(18)21)31-34-25-16-32-13-11-26(25)35(31)27-6-3-12-33-30(22)27;1-2-5-21-17(4-1)12-19-15-24-20(14-23(19)21)13-18-7-8-22-29(28(18)24)31-34-25-16-32-11-9-26(25)35(31)27-6-3-10-33-30(22)27;1-2-5-21-17(4-1)12-19-14-20-13-18-7-8-22-29(28(18)24(20)15-23(19)21)31-34-25-16-32-11-9-26(25)35(31)27-6-3-10-33-30(22)27/h2*1-13,16H,14-15H2;2*1-11,14-16H,12-13H2. The van der Waals surface area contributed by atoms with E-state index in [1.807, 2.05) is 98.6 Å². The summed E-state index contributed by atoms with van der Waals surface area (Å²) in [6, 6.07) is 97.4. The largest absolute Gasteiger partial charge is 0.290 e. The van der Waals surface area contributed by atoms with Crippen molar-refractivity contribution in [1.82, 2.24) is 77.4 Å². The van der Waals surface area contributed by atoms with Crippen molar-refractivity contribution in [2.24, 2.45) is 0 Å². The summed E-state index contributed by atoms with van der Waals surface area (Å²) in [5.74, 6) is 0. The summed E-state index contributed by atoms with van der Waals surface area (Å²) in [7, 11) is 0. The van der Waals surface area contributed by atoms with Crippen molar-refractivity contribution in [2.75, 3.05) is 0 Å². The van der Waals surface area contributed by atoms with Gasteiger partial charge in [0, 0.05) is 92.7 Å². The van der Waals surface area contributed by atoms with E-state index in [4.69, 9.17) is 39.9 Å². The van der Waals surface area contributed by atoms with E-state index in [9.17, 15) is 0 Å². The Bertz CT molecular complexity index is 10300. The second-order valence-corrected chi connectivity index (χ2v) is 38.7. The number of rotatable bonds is 0. The van der Waals surface area contributed by atoms with Crippen molar-refractivity contribution in [2.45, 2.75) is 51.4 Å². The molecule has 16 heterocycles. The van der Waals surface area contributed by atoms with Gasteiger partial charge in [0.05, 0.1) is 91.0 Å². The van der Waals surface area contributed by atoms with Gasteiger partial charge < -0.3 is 0 Å². The molecule has 28 aromatic rings. The molecule has 0 aliphatic heterocycles. The van der Waals surface area contributed by atoms with Crippen molar-refractivity contribution < 1.29 is 0 Å². The lowest BCUT2D eigenvalue weighted by atomic mass is 9.94. The SMILES string of the molecule is c1ccc2c(c1)Cc1c-2ccc2c1Cc1ccc3c4ncccc4n4c5ccncc5nc4c3c1-2.c1ccc2c(c1)Cc1cc3c(cc1-2)-c1c(ccc2c4ncccc4n4c5ccncc5nc4c12)C3.c1ccc2c(c1)Cc1cc3c(cc1-2)Cc1ccc2c4ncccc4n4c5ccncc5nc4c2c1-3.c1ccc2c(c1)Cc1ccc3c(c1-2)Cc1ccc2c4ncccc4n4c5ccncc5nc4c2c1-3. The summed E-state index contributed by atoms with van der Waals surface area (Å²) < 4.78 is 9.07. The zero-order valence-corrected chi connectivity index (χ0v) is 75.1. The molecule has 16 nitrogen and oxygen atoms in total. The molecular formula is C124H72N16. The Balaban J connectivity index is 0.0000000829. The molecule has 16 aromatic heterocycles. The third-order valence-corrected chi connectivity index (χ3v) is 31.8. The molecule has 0 radical (unpaired) electrons. The van der Waals surface area contributed by atoms with Crippen molar-refractivity contribution in [3.63, 3.8) is 0 Å². The Morgan fingerprint density at radius 1 is 0.179 bits per heavy atom. The molecule has 0 saturated heterocycles. The second-order valence-electron chi connectivity index (χ2n) is 38.7. The summed E-state index contributed by atoms with van der Waals surface area (Å²) in [5, 5.41) is 9.40. The molecule has 648 valence electrons. The van der Waals surface area contributed by atoms with Crippen LogP contribution in [0, 0.1) is 0 Å². The molecule has 0 N–H and O–H groups in total. The van der Waals surface area contributed by atoms with E-state index in [1.54, 1.807) is 0 Å². The van der Waals surface area contributed by atoms with Crippen LogP contribution in [-0.4, -0.2) is 77.4 Å². The molecule has 0 saturated carbocycles. The number of fused-ring (bicyclic) bond motifs is 62. The van der Waals surface area contributed by atoms with E-state index in [2.05, 4.69) is 280 Å². The smallest absolute Gasteiger partial charge is 0.147 e. The van der Waals surface area contributed by atoms with E-state index in [0.29, 0.717) is 0 Å². The lowest BCUT2D eigenvalue weighted by molar-refractivity contribution is 1.16. The van der Waals surface area contributed by atoms with Gasteiger partial charge in [0.1, 0.15) is 44.7 Å². The topological polar surface area (TPSA) is 172 Å². The molecule has 140 heavy (non-hydrogen) atoms. The Morgan fingerprint density at radius 2 is 0.471 bits per heavy atom. The first-order valence-corrected chi connectivity index (χ1v) is 48.2. The van der Waals surface area contributed by atoms with Crippen LogP contribution in [0.2, 0.25) is 0 Å². The van der Waals surface area contributed by atoms with Gasteiger partial charge in [0.2, 0.25) is 0 Å². The van der Waals surface area contributed by atoms with Crippen molar-refractivity contribution in [3.05, 3.63) is 430 Å². The highest BCUT2D eigenvalue weighted by molar-refractivity contribution is 6.24. The molecule has 0 atom stereocenters. The van der Waals surface area contributed by atoms with Crippen LogP contribution in [0.25, 0.3) is 243 Å². The van der Waals surface area contributed by atoms with Crippen LogP contribution >= 0.6 is 0 Å². The first-order chi connectivity index (χ1) is 69.4. The van der Waals surface area contributed by atoms with Gasteiger partial charge >= 0.3 is 0 Å². The molecule has 16 heteroatoms. The molecule has 0 fully saturated rings. The molecule has 0 amide bonds. The van der Waals surface area contributed by atoms with E-state index in [1.165, 1.54) is 200 Å². The number of pyridine rings is 12. The van der Waals surface area contributed by atoms with E-state index < -0.39 is 0 Å². The third kappa shape index (κ3) is 10.2.